The van der Waals surface area contributed by atoms with E-state index in [9.17, 15) is 0 Å². The van der Waals surface area contributed by atoms with Crippen molar-refractivity contribution in [3.8, 4) is 11.6 Å². The van der Waals surface area contributed by atoms with Gasteiger partial charge in [-0.15, -0.1) is 0 Å². The van der Waals surface area contributed by atoms with Gasteiger partial charge in [0.2, 0.25) is 0 Å². The normalized spacial score (nSPS) is 10.4. The van der Waals surface area contributed by atoms with Crippen molar-refractivity contribution in [2.24, 2.45) is 5.73 Å². The minimum atomic E-state index is 0.391. The summed E-state index contributed by atoms with van der Waals surface area (Å²) in [6.07, 6.45) is 3.49. The summed E-state index contributed by atoms with van der Waals surface area (Å²) in [5, 5.41) is 0. The van der Waals surface area contributed by atoms with Gasteiger partial charge in [0, 0.05) is 24.6 Å². The molecule has 2 aromatic heterocycles. The second kappa shape index (κ2) is 4.32. The highest BCUT2D eigenvalue weighted by atomic mass is 15.0. The lowest BCUT2D eigenvalue weighted by Crippen LogP contribution is -2.04. The van der Waals surface area contributed by atoms with Gasteiger partial charge in [0.05, 0.1) is 5.69 Å². The third kappa shape index (κ3) is 2.20. The van der Waals surface area contributed by atoms with Crippen LogP contribution in [0, 0.1) is 13.8 Å². The minimum absolute atomic E-state index is 0.391. The second-order valence-corrected chi connectivity index (χ2v) is 3.61. The quantitative estimate of drug-likeness (QED) is 0.808. The minimum Gasteiger partial charge on any atom is -0.325 e. The van der Waals surface area contributed by atoms with E-state index < -0.39 is 0 Å². The van der Waals surface area contributed by atoms with E-state index in [0.717, 1.165) is 17.0 Å². The van der Waals surface area contributed by atoms with Crippen molar-refractivity contribution < 1.29 is 0 Å². The van der Waals surface area contributed by atoms with E-state index in [4.69, 9.17) is 5.73 Å². The number of hydrogen-bond donors (Lipinski definition) is 1. The number of aryl methyl sites for hydroxylation is 2. The fraction of sp³-hybridized carbons (Fsp3) is 0.273. The van der Waals surface area contributed by atoms with Crippen molar-refractivity contribution in [1.82, 2.24) is 19.9 Å². The molecule has 82 valence electrons. The average molecular weight is 215 g/mol. The maximum absolute atomic E-state index is 5.56. The van der Waals surface area contributed by atoms with Gasteiger partial charge in [0.15, 0.2) is 11.6 Å². The van der Waals surface area contributed by atoms with Crippen LogP contribution in [0.3, 0.4) is 0 Å². The first-order chi connectivity index (χ1) is 7.69. The molecule has 0 aliphatic carbocycles. The van der Waals surface area contributed by atoms with Crippen molar-refractivity contribution >= 4 is 0 Å². The number of aromatic nitrogens is 4. The number of nitrogens with two attached hydrogens (primary N) is 1. The summed E-state index contributed by atoms with van der Waals surface area (Å²) in [7, 11) is 0. The van der Waals surface area contributed by atoms with Crippen LogP contribution in [0.15, 0.2) is 18.5 Å². The third-order valence-corrected chi connectivity index (χ3v) is 2.10. The van der Waals surface area contributed by atoms with Gasteiger partial charge in [0.1, 0.15) is 0 Å². The third-order valence-electron chi connectivity index (χ3n) is 2.10. The molecular weight excluding hydrogens is 202 g/mol. The molecule has 0 saturated carbocycles. The highest BCUT2D eigenvalue weighted by molar-refractivity contribution is 5.43. The Morgan fingerprint density at radius 1 is 1.06 bits per heavy atom. The summed E-state index contributed by atoms with van der Waals surface area (Å²) in [6.45, 7) is 4.23. The number of rotatable bonds is 2. The molecule has 0 aromatic carbocycles. The molecule has 0 fully saturated rings. The average Bonchev–Trinajstić information content (AvgIpc) is 2.29. The molecule has 16 heavy (non-hydrogen) atoms. The van der Waals surface area contributed by atoms with Gasteiger partial charge >= 0.3 is 0 Å². The zero-order valence-electron chi connectivity index (χ0n) is 9.31. The lowest BCUT2D eigenvalue weighted by Gasteiger charge is -2.03. The van der Waals surface area contributed by atoms with Gasteiger partial charge in [-0.05, 0) is 25.5 Å². The monoisotopic (exact) mass is 215 g/mol. The molecule has 5 nitrogen and oxygen atoms in total. The Hall–Kier alpha value is -1.88. The van der Waals surface area contributed by atoms with Crippen molar-refractivity contribution in [2.45, 2.75) is 20.4 Å². The highest BCUT2D eigenvalue weighted by Gasteiger charge is 2.06. The largest absolute Gasteiger partial charge is 0.325 e. The Morgan fingerprint density at radius 2 is 1.75 bits per heavy atom. The summed E-state index contributed by atoms with van der Waals surface area (Å²) in [6, 6.07) is 1.86. The van der Waals surface area contributed by atoms with Crippen LogP contribution < -0.4 is 5.73 Å². The molecule has 0 atom stereocenters. The maximum atomic E-state index is 5.56. The Balaban J connectivity index is 2.47. The Morgan fingerprint density at radius 3 is 2.38 bits per heavy atom. The first-order valence-corrected chi connectivity index (χ1v) is 5.02. The molecule has 2 rings (SSSR count). The topological polar surface area (TPSA) is 77.6 Å². The van der Waals surface area contributed by atoms with Gasteiger partial charge in [-0.2, -0.15) is 0 Å². The predicted octanol–water partition coefficient (Wildman–Crippen LogP) is 1.01. The Bertz CT molecular complexity index is 492. The smallest absolute Gasteiger partial charge is 0.198 e. The first kappa shape index (κ1) is 10.6. The van der Waals surface area contributed by atoms with Crippen LogP contribution in [0.25, 0.3) is 11.6 Å². The van der Waals surface area contributed by atoms with Crippen LogP contribution in [0.5, 0.6) is 0 Å². The molecule has 0 amide bonds. The fourth-order valence-corrected chi connectivity index (χ4v) is 1.35. The lowest BCUT2D eigenvalue weighted by atomic mass is 10.3. The van der Waals surface area contributed by atoms with E-state index in [1.807, 2.05) is 19.9 Å². The summed E-state index contributed by atoms with van der Waals surface area (Å²) in [4.78, 5) is 17.0. The van der Waals surface area contributed by atoms with Crippen LogP contribution in [-0.4, -0.2) is 19.9 Å². The molecule has 0 unspecified atom stereocenters. The molecule has 0 saturated heterocycles. The zero-order valence-corrected chi connectivity index (χ0v) is 9.31. The Kier molecular flexibility index (Phi) is 2.87. The van der Waals surface area contributed by atoms with Crippen LogP contribution in [-0.2, 0) is 6.54 Å². The summed E-state index contributed by atoms with van der Waals surface area (Å²) in [5.41, 5.74) is 8.24. The van der Waals surface area contributed by atoms with Crippen LogP contribution >= 0.6 is 0 Å². The van der Waals surface area contributed by atoms with E-state index >= 15 is 0 Å². The molecule has 0 aliphatic rings. The van der Waals surface area contributed by atoms with E-state index in [2.05, 4.69) is 19.9 Å². The van der Waals surface area contributed by atoms with Gasteiger partial charge in [-0.25, -0.2) is 19.9 Å². The fourth-order valence-electron chi connectivity index (χ4n) is 1.35. The Labute approximate surface area is 93.8 Å². The highest BCUT2D eigenvalue weighted by Crippen LogP contribution is 2.10. The molecule has 2 heterocycles. The van der Waals surface area contributed by atoms with Crippen molar-refractivity contribution in [3.05, 3.63) is 35.4 Å². The first-order valence-electron chi connectivity index (χ1n) is 5.02. The van der Waals surface area contributed by atoms with Crippen molar-refractivity contribution in [3.63, 3.8) is 0 Å². The van der Waals surface area contributed by atoms with Gasteiger partial charge in [-0.1, -0.05) is 0 Å². The summed E-state index contributed by atoms with van der Waals surface area (Å²) >= 11 is 0. The lowest BCUT2D eigenvalue weighted by molar-refractivity contribution is 0.938. The number of nitrogens with zero attached hydrogens (tertiary/aromatic N) is 4. The van der Waals surface area contributed by atoms with Crippen molar-refractivity contribution in [2.75, 3.05) is 0 Å². The van der Waals surface area contributed by atoms with E-state index in [-0.39, 0.29) is 0 Å². The summed E-state index contributed by atoms with van der Waals surface area (Å²) in [5.74, 6) is 1.06. The van der Waals surface area contributed by atoms with E-state index in [1.165, 1.54) is 0 Å². The van der Waals surface area contributed by atoms with E-state index in [0.29, 0.717) is 18.2 Å². The van der Waals surface area contributed by atoms with Crippen LogP contribution in [0.2, 0.25) is 0 Å². The van der Waals surface area contributed by atoms with Gasteiger partial charge in [-0.3, -0.25) is 0 Å². The predicted molar refractivity (Wildman–Crippen MR) is 60.4 cm³/mol. The molecule has 0 spiro atoms. The summed E-state index contributed by atoms with van der Waals surface area (Å²) < 4.78 is 0. The van der Waals surface area contributed by atoms with Crippen LogP contribution in [0.1, 0.15) is 17.0 Å². The van der Waals surface area contributed by atoms with Crippen LogP contribution in [0.4, 0.5) is 0 Å². The SMILES string of the molecule is Cc1cnc(-c2nc(C)cc(CN)n2)nc1. The molecule has 0 radical (unpaired) electrons. The molecule has 2 aromatic rings. The van der Waals surface area contributed by atoms with Gasteiger partial charge in [0.25, 0.3) is 0 Å². The zero-order chi connectivity index (χ0) is 11.5. The maximum Gasteiger partial charge on any atom is 0.198 e. The molecule has 0 aliphatic heterocycles. The van der Waals surface area contributed by atoms with Crippen molar-refractivity contribution in [1.29, 1.82) is 0 Å². The van der Waals surface area contributed by atoms with E-state index in [1.54, 1.807) is 12.4 Å². The molecule has 0 bridgehead atoms. The molecule has 5 heteroatoms. The number of hydrogen-bond acceptors (Lipinski definition) is 5. The molecule has 2 N–H and O–H groups in total. The standard InChI is InChI=1S/C11H13N5/c1-7-5-13-10(14-6-7)11-15-8(2)3-9(4-12)16-11/h3,5-6H,4,12H2,1-2H3. The second-order valence-electron chi connectivity index (χ2n) is 3.61. The molecular formula is C11H13N5. The van der Waals surface area contributed by atoms with Gasteiger partial charge < -0.3 is 5.73 Å².